The Balaban J connectivity index is 1.74. The second-order valence-electron chi connectivity index (χ2n) is 6.99. The quantitative estimate of drug-likeness (QED) is 0.311. The fourth-order valence-corrected chi connectivity index (χ4v) is 3.14. The average molecular weight is 444 g/mol. The molecule has 0 aliphatic heterocycles. The third-order valence-electron chi connectivity index (χ3n) is 4.80. The molecule has 3 aromatic carbocycles. The standard InChI is InChI=1S/C24H20F4N2O2/c25-19-17(23(31)29-13-11-15-7-3-1-4-8-15)20(26)22(28)21(27)18(19)24(32)30-14-12-16-9-5-2-6-10-16/h1-10H,11-14H2,(H,29,31)(H,30,32). The minimum Gasteiger partial charge on any atom is -0.352 e. The van der Waals surface area contributed by atoms with Crippen molar-refractivity contribution >= 4 is 11.8 Å². The molecule has 3 rings (SSSR count). The first kappa shape index (κ1) is 23.0. The zero-order valence-corrected chi connectivity index (χ0v) is 16.9. The molecule has 2 amide bonds. The largest absolute Gasteiger partial charge is 0.352 e. The van der Waals surface area contributed by atoms with Crippen molar-refractivity contribution in [2.24, 2.45) is 0 Å². The molecular formula is C24H20F4N2O2. The molecule has 0 heterocycles. The molecule has 0 spiro atoms. The monoisotopic (exact) mass is 444 g/mol. The molecular weight excluding hydrogens is 424 g/mol. The Morgan fingerprint density at radius 1 is 0.562 bits per heavy atom. The number of carbonyl (C=O) groups is 2. The van der Waals surface area contributed by atoms with Crippen molar-refractivity contribution < 1.29 is 27.2 Å². The van der Waals surface area contributed by atoms with Crippen LogP contribution in [0.1, 0.15) is 31.8 Å². The van der Waals surface area contributed by atoms with Crippen LogP contribution in [0.2, 0.25) is 0 Å². The van der Waals surface area contributed by atoms with Crippen LogP contribution in [0.5, 0.6) is 0 Å². The van der Waals surface area contributed by atoms with Crippen molar-refractivity contribution in [3.8, 4) is 0 Å². The Kier molecular flexibility index (Phi) is 7.59. The lowest BCUT2D eigenvalue weighted by Gasteiger charge is -2.13. The zero-order chi connectivity index (χ0) is 23.1. The Morgan fingerprint density at radius 3 is 1.31 bits per heavy atom. The number of nitrogens with one attached hydrogen (secondary N) is 2. The summed E-state index contributed by atoms with van der Waals surface area (Å²) in [5.41, 5.74) is -0.967. The first-order chi connectivity index (χ1) is 15.4. The third-order valence-corrected chi connectivity index (χ3v) is 4.80. The van der Waals surface area contributed by atoms with Gasteiger partial charge in [-0.2, -0.15) is 0 Å². The van der Waals surface area contributed by atoms with Gasteiger partial charge in [-0.05, 0) is 24.0 Å². The first-order valence-corrected chi connectivity index (χ1v) is 9.90. The minimum absolute atomic E-state index is 0.000667. The van der Waals surface area contributed by atoms with Gasteiger partial charge in [0.2, 0.25) is 0 Å². The van der Waals surface area contributed by atoms with Crippen molar-refractivity contribution in [2.45, 2.75) is 12.8 Å². The summed E-state index contributed by atoms with van der Waals surface area (Å²) in [6, 6.07) is 17.9. The highest BCUT2D eigenvalue weighted by atomic mass is 19.2. The summed E-state index contributed by atoms with van der Waals surface area (Å²) < 4.78 is 57.2. The van der Waals surface area contributed by atoms with Gasteiger partial charge in [0, 0.05) is 13.1 Å². The van der Waals surface area contributed by atoms with Crippen LogP contribution in [0, 0.1) is 23.3 Å². The molecule has 0 fully saturated rings. The SMILES string of the molecule is O=C(NCCc1ccccc1)c1c(F)c(F)c(F)c(C(=O)NCCc2ccccc2)c1F. The predicted octanol–water partition coefficient (Wildman–Crippen LogP) is 4.19. The molecule has 0 aliphatic rings. The molecule has 3 aromatic rings. The highest BCUT2D eigenvalue weighted by Gasteiger charge is 2.32. The lowest BCUT2D eigenvalue weighted by Crippen LogP contribution is -2.32. The van der Waals surface area contributed by atoms with Gasteiger partial charge in [0.05, 0.1) is 0 Å². The summed E-state index contributed by atoms with van der Waals surface area (Å²) in [5.74, 6) is -10.4. The topological polar surface area (TPSA) is 58.2 Å². The van der Waals surface area contributed by atoms with E-state index in [2.05, 4.69) is 10.6 Å². The molecule has 2 N–H and O–H groups in total. The van der Waals surface area contributed by atoms with Crippen LogP contribution in [0.15, 0.2) is 60.7 Å². The number of hydrogen-bond acceptors (Lipinski definition) is 2. The van der Waals surface area contributed by atoms with E-state index in [0.29, 0.717) is 12.8 Å². The number of carbonyl (C=O) groups excluding carboxylic acids is 2. The Bertz CT molecular complexity index is 1020. The fourth-order valence-electron chi connectivity index (χ4n) is 3.14. The van der Waals surface area contributed by atoms with Gasteiger partial charge in [0.15, 0.2) is 23.3 Å². The molecule has 0 aliphatic carbocycles. The molecule has 0 unspecified atom stereocenters. The summed E-state index contributed by atoms with van der Waals surface area (Å²) in [6.07, 6.45) is 0.707. The Morgan fingerprint density at radius 2 is 0.938 bits per heavy atom. The first-order valence-electron chi connectivity index (χ1n) is 9.90. The normalized spacial score (nSPS) is 10.6. The molecule has 0 aromatic heterocycles. The van der Waals surface area contributed by atoms with Gasteiger partial charge in [0.1, 0.15) is 11.1 Å². The summed E-state index contributed by atoms with van der Waals surface area (Å²) in [4.78, 5) is 24.6. The van der Waals surface area contributed by atoms with E-state index in [1.54, 1.807) is 60.7 Å². The van der Waals surface area contributed by atoms with Gasteiger partial charge in [-0.1, -0.05) is 60.7 Å². The molecule has 8 heteroatoms. The van der Waals surface area contributed by atoms with Crippen molar-refractivity contribution in [2.75, 3.05) is 13.1 Å². The highest BCUT2D eigenvalue weighted by molar-refractivity contribution is 6.00. The van der Waals surface area contributed by atoms with Gasteiger partial charge in [0.25, 0.3) is 11.8 Å². The van der Waals surface area contributed by atoms with Crippen molar-refractivity contribution in [1.82, 2.24) is 10.6 Å². The Labute approximate surface area is 182 Å². The number of benzene rings is 3. The molecule has 0 bridgehead atoms. The van der Waals surface area contributed by atoms with Gasteiger partial charge < -0.3 is 10.6 Å². The third kappa shape index (κ3) is 5.32. The zero-order valence-electron chi connectivity index (χ0n) is 16.9. The highest BCUT2D eigenvalue weighted by Crippen LogP contribution is 2.24. The van der Waals surface area contributed by atoms with E-state index in [-0.39, 0.29) is 13.1 Å². The maximum Gasteiger partial charge on any atom is 0.257 e. The van der Waals surface area contributed by atoms with E-state index in [4.69, 9.17) is 0 Å². The van der Waals surface area contributed by atoms with Crippen LogP contribution in [-0.2, 0) is 12.8 Å². The van der Waals surface area contributed by atoms with E-state index >= 15 is 0 Å². The van der Waals surface area contributed by atoms with Crippen molar-refractivity contribution in [1.29, 1.82) is 0 Å². The summed E-state index contributed by atoms with van der Waals surface area (Å²) >= 11 is 0. The van der Waals surface area contributed by atoms with E-state index in [9.17, 15) is 27.2 Å². The van der Waals surface area contributed by atoms with Crippen LogP contribution in [0.3, 0.4) is 0 Å². The van der Waals surface area contributed by atoms with Crippen LogP contribution in [0.25, 0.3) is 0 Å². The number of halogens is 4. The molecule has 4 nitrogen and oxygen atoms in total. The van der Waals surface area contributed by atoms with Crippen LogP contribution in [0.4, 0.5) is 17.6 Å². The minimum atomic E-state index is -2.09. The van der Waals surface area contributed by atoms with Crippen molar-refractivity contribution in [3.05, 3.63) is 106 Å². The van der Waals surface area contributed by atoms with Crippen LogP contribution >= 0.6 is 0 Å². The van der Waals surface area contributed by atoms with Gasteiger partial charge in [-0.25, -0.2) is 17.6 Å². The van der Waals surface area contributed by atoms with E-state index < -0.39 is 46.2 Å². The number of rotatable bonds is 8. The average Bonchev–Trinajstić information content (AvgIpc) is 2.79. The predicted molar refractivity (Wildman–Crippen MR) is 111 cm³/mol. The molecule has 0 atom stereocenters. The lowest BCUT2D eigenvalue weighted by atomic mass is 10.1. The van der Waals surface area contributed by atoms with E-state index in [1.807, 2.05) is 0 Å². The van der Waals surface area contributed by atoms with Gasteiger partial charge in [-0.15, -0.1) is 0 Å². The molecule has 0 saturated carbocycles. The molecule has 0 saturated heterocycles. The summed E-state index contributed by atoms with van der Waals surface area (Å²) in [7, 11) is 0. The smallest absolute Gasteiger partial charge is 0.257 e. The number of hydrogen-bond donors (Lipinski definition) is 2. The van der Waals surface area contributed by atoms with Crippen molar-refractivity contribution in [3.63, 3.8) is 0 Å². The van der Waals surface area contributed by atoms with E-state index in [1.165, 1.54) is 0 Å². The molecule has 166 valence electrons. The second-order valence-corrected chi connectivity index (χ2v) is 6.99. The van der Waals surface area contributed by atoms with Gasteiger partial charge in [-0.3, -0.25) is 9.59 Å². The van der Waals surface area contributed by atoms with Gasteiger partial charge >= 0.3 is 0 Å². The molecule has 32 heavy (non-hydrogen) atoms. The Hall–Kier alpha value is -3.68. The second kappa shape index (κ2) is 10.6. The fraction of sp³-hybridized carbons (Fsp3) is 0.167. The van der Waals surface area contributed by atoms with Crippen LogP contribution < -0.4 is 10.6 Å². The number of amides is 2. The summed E-state index contributed by atoms with van der Waals surface area (Å²) in [6.45, 7) is -0.00133. The summed E-state index contributed by atoms with van der Waals surface area (Å²) in [5, 5.41) is 4.53. The van der Waals surface area contributed by atoms with Crippen LogP contribution in [-0.4, -0.2) is 24.9 Å². The van der Waals surface area contributed by atoms with E-state index in [0.717, 1.165) is 11.1 Å². The molecule has 0 radical (unpaired) electrons. The lowest BCUT2D eigenvalue weighted by molar-refractivity contribution is 0.0938. The maximum absolute atomic E-state index is 14.8. The maximum atomic E-state index is 14.8.